The highest BCUT2D eigenvalue weighted by Gasteiger charge is 2.21. The smallest absolute Gasteiger partial charge is 0.319 e. The van der Waals surface area contributed by atoms with Crippen LogP contribution in [0.15, 0.2) is 60.9 Å². The van der Waals surface area contributed by atoms with Crippen LogP contribution in [-0.2, 0) is 5.41 Å². The van der Waals surface area contributed by atoms with Gasteiger partial charge in [-0.25, -0.2) is 14.8 Å². The van der Waals surface area contributed by atoms with E-state index < -0.39 is 0 Å². The summed E-state index contributed by atoms with van der Waals surface area (Å²) in [7, 11) is 3.54. The van der Waals surface area contributed by atoms with Gasteiger partial charge < -0.3 is 20.1 Å². The first-order valence-electron chi connectivity index (χ1n) is 13.5. The number of benzene rings is 2. The highest BCUT2D eigenvalue weighted by Crippen LogP contribution is 2.34. The van der Waals surface area contributed by atoms with E-state index in [1.165, 1.54) is 5.56 Å². The molecule has 2 aromatic heterocycles. The summed E-state index contributed by atoms with van der Waals surface area (Å²) < 4.78 is 0. The van der Waals surface area contributed by atoms with Gasteiger partial charge in [0.15, 0.2) is 0 Å². The summed E-state index contributed by atoms with van der Waals surface area (Å²) in [4.78, 5) is 41.4. The summed E-state index contributed by atoms with van der Waals surface area (Å²) in [5.41, 5.74) is 8.12. The molecule has 1 aliphatic heterocycles. The Kier molecular flexibility index (Phi) is 7.19. The maximum Gasteiger partial charge on any atom is 0.319 e. The van der Waals surface area contributed by atoms with Crippen molar-refractivity contribution >= 4 is 34.2 Å². The Balaban J connectivity index is 1.41. The summed E-state index contributed by atoms with van der Waals surface area (Å²) in [6.45, 7) is 9.69. The first-order chi connectivity index (χ1) is 19.0. The minimum absolute atomic E-state index is 0.0180. The molecule has 0 bridgehead atoms. The number of aromatic amines is 1. The van der Waals surface area contributed by atoms with Crippen LogP contribution >= 0.6 is 0 Å². The predicted octanol–water partition coefficient (Wildman–Crippen LogP) is 6.25. The Bertz CT molecular complexity index is 1610. The fourth-order valence-electron chi connectivity index (χ4n) is 5.04. The van der Waals surface area contributed by atoms with Gasteiger partial charge in [-0.2, -0.15) is 0 Å². The Hall–Kier alpha value is -4.46. The van der Waals surface area contributed by atoms with E-state index in [1.54, 1.807) is 25.3 Å². The van der Waals surface area contributed by atoms with E-state index in [2.05, 4.69) is 53.2 Å². The van der Waals surface area contributed by atoms with Gasteiger partial charge in [0.2, 0.25) is 0 Å². The maximum atomic E-state index is 13.1. The Morgan fingerprint density at radius 2 is 1.80 bits per heavy atom. The van der Waals surface area contributed by atoms with Gasteiger partial charge in [0.1, 0.15) is 12.0 Å². The first kappa shape index (κ1) is 27.1. The van der Waals surface area contributed by atoms with Gasteiger partial charge in [-0.3, -0.25) is 4.79 Å². The van der Waals surface area contributed by atoms with E-state index in [1.807, 2.05) is 54.3 Å². The molecule has 8 heteroatoms. The minimum atomic E-state index is -0.150. The minimum Gasteiger partial charge on any atom is -0.339 e. The summed E-state index contributed by atoms with van der Waals surface area (Å²) >= 11 is 0. The van der Waals surface area contributed by atoms with Gasteiger partial charge in [0.25, 0.3) is 5.91 Å². The summed E-state index contributed by atoms with van der Waals surface area (Å²) in [6.07, 6.45) is 4.41. The highest BCUT2D eigenvalue weighted by atomic mass is 16.2. The lowest BCUT2D eigenvalue weighted by atomic mass is 9.86. The second-order valence-corrected chi connectivity index (χ2v) is 11.5. The van der Waals surface area contributed by atoms with Crippen LogP contribution in [-0.4, -0.2) is 63.9 Å². The van der Waals surface area contributed by atoms with E-state index in [-0.39, 0.29) is 17.4 Å². The van der Waals surface area contributed by atoms with Crippen LogP contribution in [0.1, 0.15) is 54.4 Å². The third-order valence-electron chi connectivity index (χ3n) is 7.48. The summed E-state index contributed by atoms with van der Waals surface area (Å²) in [5, 5.41) is 4.00. The zero-order valence-corrected chi connectivity index (χ0v) is 24.0. The van der Waals surface area contributed by atoms with Crippen molar-refractivity contribution < 1.29 is 9.59 Å². The van der Waals surface area contributed by atoms with Crippen molar-refractivity contribution in [3.05, 3.63) is 83.3 Å². The molecule has 0 atom stereocenters. The standard InChI is InChI=1S/C32H36N6O2/c1-20-24(8-7-9-26(20)36-30(39)22-10-12-23(13-11-22)32(2,3)4)28-25-18-27(35-29(25)34-19-33-28)21-14-16-38(17-15-21)31(40)37(5)6/h7-14,18-19H,15-17H2,1-6H3,(H,36,39)(H,33,34,35). The highest BCUT2D eigenvalue weighted by molar-refractivity contribution is 6.05. The molecule has 8 nitrogen and oxygen atoms in total. The number of hydrogen-bond donors (Lipinski definition) is 2. The molecular formula is C32H36N6O2. The van der Waals surface area contributed by atoms with E-state index >= 15 is 0 Å². The van der Waals surface area contributed by atoms with Crippen molar-refractivity contribution in [1.29, 1.82) is 0 Å². The molecule has 0 radical (unpaired) electrons. The molecule has 0 aliphatic carbocycles. The van der Waals surface area contributed by atoms with Crippen molar-refractivity contribution in [2.75, 3.05) is 32.5 Å². The number of nitrogens with one attached hydrogen (secondary N) is 2. The molecule has 4 aromatic rings. The molecule has 206 valence electrons. The molecule has 3 heterocycles. The lowest BCUT2D eigenvalue weighted by molar-refractivity contribution is 0.102. The maximum absolute atomic E-state index is 13.1. The van der Waals surface area contributed by atoms with Gasteiger partial charge in [0.05, 0.1) is 5.69 Å². The second kappa shape index (κ2) is 10.6. The average molecular weight is 537 g/mol. The number of urea groups is 1. The van der Waals surface area contributed by atoms with Crippen molar-refractivity contribution in [2.45, 2.75) is 39.5 Å². The SMILES string of the molecule is Cc1c(NC(=O)c2ccc(C(C)(C)C)cc2)cccc1-c1ncnc2[nH]c(C3=CCN(C(=O)N(C)C)CC3)cc12. The van der Waals surface area contributed by atoms with Crippen LogP contribution in [0.2, 0.25) is 0 Å². The molecule has 40 heavy (non-hydrogen) atoms. The van der Waals surface area contributed by atoms with Gasteiger partial charge in [-0.1, -0.05) is 51.1 Å². The fraction of sp³-hybridized carbons (Fsp3) is 0.312. The molecule has 1 aliphatic rings. The van der Waals surface area contributed by atoms with Crippen molar-refractivity contribution in [3.63, 3.8) is 0 Å². The van der Waals surface area contributed by atoms with Crippen molar-refractivity contribution in [3.8, 4) is 11.3 Å². The molecule has 0 spiro atoms. The number of hydrogen-bond acceptors (Lipinski definition) is 4. The van der Waals surface area contributed by atoms with Crippen LogP contribution in [0.3, 0.4) is 0 Å². The number of nitrogens with zero attached hydrogens (tertiary/aromatic N) is 4. The number of carbonyl (C=O) groups is 2. The number of H-pyrrole nitrogens is 1. The van der Waals surface area contributed by atoms with E-state index in [0.29, 0.717) is 18.7 Å². The summed E-state index contributed by atoms with van der Waals surface area (Å²) in [6, 6.07) is 15.7. The Morgan fingerprint density at radius 1 is 1.05 bits per heavy atom. The predicted molar refractivity (Wildman–Crippen MR) is 160 cm³/mol. The third-order valence-corrected chi connectivity index (χ3v) is 7.48. The number of fused-ring (bicyclic) bond motifs is 1. The Labute approximate surface area is 235 Å². The Morgan fingerprint density at radius 3 is 2.45 bits per heavy atom. The molecule has 0 saturated carbocycles. The van der Waals surface area contributed by atoms with E-state index in [4.69, 9.17) is 0 Å². The lowest BCUT2D eigenvalue weighted by Gasteiger charge is -2.28. The van der Waals surface area contributed by atoms with Crippen LogP contribution in [0.5, 0.6) is 0 Å². The van der Waals surface area contributed by atoms with Gasteiger partial charge in [0, 0.05) is 55.1 Å². The normalized spacial score (nSPS) is 13.8. The van der Waals surface area contributed by atoms with Gasteiger partial charge in [-0.05, 0) is 59.7 Å². The molecule has 2 N–H and O–H groups in total. The lowest BCUT2D eigenvalue weighted by Crippen LogP contribution is -2.41. The topological polar surface area (TPSA) is 94.2 Å². The quantitative estimate of drug-likeness (QED) is 0.322. The van der Waals surface area contributed by atoms with Gasteiger partial charge >= 0.3 is 6.03 Å². The molecule has 0 fully saturated rings. The van der Waals surface area contributed by atoms with Crippen LogP contribution in [0, 0.1) is 6.92 Å². The monoisotopic (exact) mass is 536 g/mol. The molecular weight excluding hydrogens is 500 g/mol. The van der Waals surface area contributed by atoms with E-state index in [0.717, 1.165) is 51.2 Å². The molecule has 5 rings (SSSR count). The van der Waals surface area contributed by atoms with Crippen molar-refractivity contribution in [2.24, 2.45) is 0 Å². The van der Waals surface area contributed by atoms with Crippen LogP contribution in [0.25, 0.3) is 27.9 Å². The third kappa shape index (κ3) is 5.34. The second-order valence-electron chi connectivity index (χ2n) is 11.5. The fourth-order valence-corrected chi connectivity index (χ4v) is 5.04. The zero-order chi connectivity index (χ0) is 28.6. The molecule has 0 saturated heterocycles. The van der Waals surface area contributed by atoms with Crippen LogP contribution < -0.4 is 5.32 Å². The molecule has 0 unspecified atom stereocenters. The van der Waals surface area contributed by atoms with Gasteiger partial charge in [-0.15, -0.1) is 0 Å². The summed E-state index contributed by atoms with van der Waals surface area (Å²) in [5.74, 6) is -0.150. The number of anilines is 1. The zero-order valence-electron chi connectivity index (χ0n) is 24.0. The number of amides is 3. The van der Waals surface area contributed by atoms with E-state index in [9.17, 15) is 9.59 Å². The first-order valence-corrected chi connectivity index (χ1v) is 13.5. The number of rotatable bonds is 4. The number of aromatic nitrogens is 3. The molecule has 3 amide bonds. The van der Waals surface area contributed by atoms with Crippen LogP contribution in [0.4, 0.5) is 10.5 Å². The number of carbonyl (C=O) groups excluding carboxylic acids is 2. The average Bonchev–Trinajstić information content (AvgIpc) is 3.38. The molecule has 2 aromatic carbocycles. The largest absolute Gasteiger partial charge is 0.339 e. The van der Waals surface area contributed by atoms with Crippen molar-refractivity contribution in [1.82, 2.24) is 24.8 Å².